The fourth-order valence-corrected chi connectivity index (χ4v) is 0.938. The van der Waals surface area contributed by atoms with Crippen LogP contribution in [0.15, 0.2) is 24.3 Å². The van der Waals surface area contributed by atoms with Crippen LogP contribution >= 0.6 is 0 Å². The number of benzene rings is 1. The Morgan fingerprint density at radius 1 is 1.38 bits per heavy atom. The molecule has 0 bridgehead atoms. The molecule has 0 fully saturated rings. The zero-order chi connectivity index (χ0) is 10.1. The number of hydrogen-bond acceptors (Lipinski definition) is 2. The highest BCUT2D eigenvalue weighted by atomic mass is 16.3. The Bertz CT molecular complexity index is 244. The Morgan fingerprint density at radius 3 is 2.62 bits per heavy atom. The van der Waals surface area contributed by atoms with Gasteiger partial charge in [0.1, 0.15) is 12.0 Å². The summed E-state index contributed by atoms with van der Waals surface area (Å²) in [6, 6.07) is 6.95. The molecule has 1 aromatic carbocycles. The first kappa shape index (κ1) is 11.7. The van der Waals surface area contributed by atoms with Gasteiger partial charge in [-0.2, -0.15) is 0 Å². The fourth-order valence-electron chi connectivity index (χ4n) is 0.938. The molecule has 0 aliphatic heterocycles. The lowest BCUT2D eigenvalue weighted by Crippen LogP contribution is -1.84. The predicted octanol–water partition coefficient (Wildman–Crippen LogP) is 2.55. The molecule has 0 aliphatic rings. The van der Waals surface area contributed by atoms with Crippen molar-refractivity contribution >= 4 is 6.29 Å². The van der Waals surface area contributed by atoms with Crippen molar-refractivity contribution in [2.75, 3.05) is 0 Å². The topological polar surface area (TPSA) is 37.3 Å². The van der Waals surface area contributed by atoms with Crippen molar-refractivity contribution in [3.8, 4) is 5.75 Å². The summed E-state index contributed by atoms with van der Waals surface area (Å²) in [4.78, 5) is 10.0. The highest BCUT2D eigenvalue weighted by Crippen LogP contribution is 2.11. The van der Waals surface area contributed by atoms with E-state index in [2.05, 4.69) is 0 Å². The normalized spacial score (nSPS) is 8.46. The Morgan fingerprint density at radius 2 is 2.08 bits per heavy atom. The maximum Gasteiger partial charge on any atom is 0.120 e. The van der Waals surface area contributed by atoms with Gasteiger partial charge in [0.05, 0.1) is 0 Å². The molecule has 0 aromatic heterocycles. The molecule has 1 aromatic rings. The van der Waals surface area contributed by atoms with E-state index in [4.69, 9.17) is 5.11 Å². The van der Waals surface area contributed by atoms with E-state index in [1.165, 1.54) is 0 Å². The van der Waals surface area contributed by atoms with Crippen LogP contribution in [0.5, 0.6) is 5.75 Å². The van der Waals surface area contributed by atoms with Gasteiger partial charge in [0.15, 0.2) is 0 Å². The zero-order valence-corrected chi connectivity index (χ0v) is 8.16. The molecular formula is C11H16O2. The molecule has 0 saturated heterocycles. The first-order valence-electron chi connectivity index (χ1n) is 4.54. The summed E-state index contributed by atoms with van der Waals surface area (Å²) in [7, 11) is 0. The molecule has 0 heterocycles. The number of phenolic OH excluding ortho intramolecular Hbond substituents is 1. The summed E-state index contributed by atoms with van der Waals surface area (Å²) in [5, 5.41) is 9.02. The van der Waals surface area contributed by atoms with E-state index in [0.29, 0.717) is 12.8 Å². The summed E-state index contributed by atoms with van der Waals surface area (Å²) in [6.07, 6.45) is 2.10. The quantitative estimate of drug-likeness (QED) is 0.726. The summed E-state index contributed by atoms with van der Waals surface area (Å²) < 4.78 is 0. The number of phenols is 1. The second kappa shape index (κ2) is 7.35. The van der Waals surface area contributed by atoms with Crippen molar-refractivity contribution in [2.45, 2.75) is 26.7 Å². The van der Waals surface area contributed by atoms with Gasteiger partial charge in [-0.3, -0.25) is 0 Å². The summed E-state index contributed by atoms with van der Waals surface area (Å²) in [6.45, 7) is 4.00. The summed E-state index contributed by atoms with van der Waals surface area (Å²) >= 11 is 0. The lowest BCUT2D eigenvalue weighted by Gasteiger charge is -1.96. The van der Waals surface area contributed by atoms with Gasteiger partial charge in [-0.05, 0) is 24.1 Å². The molecule has 2 heteroatoms. The smallest absolute Gasteiger partial charge is 0.120 e. The van der Waals surface area contributed by atoms with Gasteiger partial charge in [0.25, 0.3) is 0 Å². The van der Waals surface area contributed by atoms with Gasteiger partial charge >= 0.3 is 0 Å². The maximum absolute atomic E-state index is 10.0. The maximum atomic E-state index is 10.0. The largest absolute Gasteiger partial charge is 0.508 e. The van der Waals surface area contributed by atoms with E-state index in [9.17, 15) is 4.79 Å². The van der Waals surface area contributed by atoms with Gasteiger partial charge in [0.2, 0.25) is 0 Å². The van der Waals surface area contributed by atoms with Gasteiger partial charge in [0, 0.05) is 6.42 Å². The molecule has 0 unspecified atom stereocenters. The standard InChI is InChI=1S/C9H10O2.C2H6/c10-6-2-4-8-3-1-5-9(11)7-8;1-2/h1,3,5-7,11H,2,4H2;1-2H3. The molecule has 0 aliphatic carbocycles. The van der Waals surface area contributed by atoms with Gasteiger partial charge < -0.3 is 9.90 Å². The molecule has 0 radical (unpaired) electrons. The van der Waals surface area contributed by atoms with E-state index < -0.39 is 0 Å². The van der Waals surface area contributed by atoms with E-state index in [1.54, 1.807) is 18.2 Å². The molecule has 72 valence electrons. The second-order valence-corrected chi connectivity index (χ2v) is 2.38. The number of aryl methyl sites for hydroxylation is 1. The van der Waals surface area contributed by atoms with Gasteiger partial charge in [-0.1, -0.05) is 26.0 Å². The molecule has 0 amide bonds. The molecule has 1 rings (SSSR count). The average Bonchev–Trinajstić information content (AvgIpc) is 2.18. The second-order valence-electron chi connectivity index (χ2n) is 2.38. The zero-order valence-electron chi connectivity index (χ0n) is 8.16. The summed E-state index contributed by atoms with van der Waals surface area (Å²) in [5.74, 6) is 0.258. The van der Waals surface area contributed by atoms with Crippen LogP contribution in [0, 0.1) is 0 Å². The van der Waals surface area contributed by atoms with E-state index >= 15 is 0 Å². The first-order chi connectivity index (χ1) is 6.33. The lowest BCUT2D eigenvalue weighted by molar-refractivity contribution is -0.107. The Kier molecular flexibility index (Phi) is 6.60. The number of aromatic hydroxyl groups is 1. The molecule has 13 heavy (non-hydrogen) atoms. The highest BCUT2D eigenvalue weighted by molar-refractivity contribution is 5.50. The third-order valence-corrected chi connectivity index (χ3v) is 1.46. The third kappa shape index (κ3) is 5.01. The van der Waals surface area contributed by atoms with Crippen molar-refractivity contribution in [3.63, 3.8) is 0 Å². The van der Waals surface area contributed by atoms with Gasteiger partial charge in [-0.15, -0.1) is 0 Å². The van der Waals surface area contributed by atoms with E-state index in [0.717, 1.165) is 11.8 Å². The van der Waals surface area contributed by atoms with Crippen molar-refractivity contribution in [3.05, 3.63) is 29.8 Å². The molecular weight excluding hydrogens is 164 g/mol. The number of aldehydes is 1. The number of rotatable bonds is 3. The van der Waals surface area contributed by atoms with E-state index in [-0.39, 0.29) is 5.75 Å². The van der Waals surface area contributed by atoms with Crippen LogP contribution in [-0.4, -0.2) is 11.4 Å². The van der Waals surface area contributed by atoms with Crippen molar-refractivity contribution in [1.82, 2.24) is 0 Å². The van der Waals surface area contributed by atoms with Crippen LogP contribution in [-0.2, 0) is 11.2 Å². The SMILES string of the molecule is CC.O=CCCc1cccc(O)c1. The van der Waals surface area contributed by atoms with Crippen LogP contribution < -0.4 is 0 Å². The molecule has 0 saturated carbocycles. The molecule has 0 spiro atoms. The number of carbonyl (C=O) groups excluding carboxylic acids is 1. The minimum absolute atomic E-state index is 0.258. The molecule has 2 nitrogen and oxygen atoms in total. The van der Waals surface area contributed by atoms with Crippen LogP contribution in [0.25, 0.3) is 0 Å². The highest BCUT2D eigenvalue weighted by Gasteiger charge is 1.92. The number of carbonyl (C=O) groups is 1. The first-order valence-corrected chi connectivity index (χ1v) is 4.54. The number of hydrogen-bond donors (Lipinski definition) is 1. The molecule has 1 N–H and O–H groups in total. The van der Waals surface area contributed by atoms with Crippen LogP contribution in [0.3, 0.4) is 0 Å². The summed E-state index contributed by atoms with van der Waals surface area (Å²) in [5.41, 5.74) is 0.997. The predicted molar refractivity (Wildman–Crippen MR) is 53.8 cm³/mol. The Hall–Kier alpha value is -1.31. The van der Waals surface area contributed by atoms with Crippen LogP contribution in [0.2, 0.25) is 0 Å². The lowest BCUT2D eigenvalue weighted by atomic mass is 10.1. The van der Waals surface area contributed by atoms with Crippen molar-refractivity contribution < 1.29 is 9.90 Å². The minimum atomic E-state index is 0.258. The minimum Gasteiger partial charge on any atom is -0.508 e. The van der Waals surface area contributed by atoms with Crippen LogP contribution in [0.1, 0.15) is 25.8 Å². The Balaban J connectivity index is 0.000000671. The average molecular weight is 180 g/mol. The monoisotopic (exact) mass is 180 g/mol. The van der Waals surface area contributed by atoms with Crippen LogP contribution in [0.4, 0.5) is 0 Å². The molecule has 0 atom stereocenters. The van der Waals surface area contributed by atoms with E-state index in [1.807, 2.05) is 19.9 Å². The fraction of sp³-hybridized carbons (Fsp3) is 0.364. The van der Waals surface area contributed by atoms with Crippen molar-refractivity contribution in [1.29, 1.82) is 0 Å². The Labute approximate surface area is 79.2 Å². The third-order valence-electron chi connectivity index (χ3n) is 1.46. The van der Waals surface area contributed by atoms with Gasteiger partial charge in [-0.25, -0.2) is 0 Å². The van der Waals surface area contributed by atoms with Crippen molar-refractivity contribution in [2.24, 2.45) is 0 Å².